The number of aliphatic hydroxyl groups excluding tert-OH is 1. The van der Waals surface area contributed by atoms with Gasteiger partial charge in [0.25, 0.3) is 0 Å². The standard InChI is InChI=1S/C22H28Cl2N2O4/c1-12(2)29-18-9-13(3)15(11-25-18)20(27)19(26-21(28)30-22(4,5)6)14-7-8-16(23)17(24)10-14/h7-12,19-20,27H,1-6H3,(H,26,28). The van der Waals surface area contributed by atoms with Crippen molar-refractivity contribution < 1.29 is 19.4 Å². The number of nitrogens with one attached hydrogen (secondary N) is 1. The van der Waals surface area contributed by atoms with Crippen LogP contribution in [0.3, 0.4) is 0 Å². The predicted octanol–water partition coefficient (Wildman–Crippen LogP) is 5.78. The number of benzene rings is 1. The van der Waals surface area contributed by atoms with Crippen LogP contribution in [0, 0.1) is 6.92 Å². The number of amides is 1. The summed E-state index contributed by atoms with van der Waals surface area (Å²) < 4.78 is 11.0. The molecule has 0 radical (unpaired) electrons. The molecule has 1 aromatic carbocycles. The molecule has 164 valence electrons. The molecule has 0 aliphatic rings. The fourth-order valence-electron chi connectivity index (χ4n) is 2.82. The maximum absolute atomic E-state index is 12.5. The van der Waals surface area contributed by atoms with Crippen molar-refractivity contribution in [1.29, 1.82) is 0 Å². The van der Waals surface area contributed by atoms with Crippen LogP contribution in [0.1, 0.15) is 63.5 Å². The molecule has 2 aromatic rings. The third-order valence-corrected chi connectivity index (χ3v) is 4.83. The Kier molecular flexibility index (Phi) is 7.97. The lowest BCUT2D eigenvalue weighted by molar-refractivity contribution is 0.0418. The highest BCUT2D eigenvalue weighted by molar-refractivity contribution is 6.42. The minimum atomic E-state index is -1.12. The lowest BCUT2D eigenvalue weighted by Crippen LogP contribution is -2.37. The van der Waals surface area contributed by atoms with E-state index in [1.54, 1.807) is 51.2 Å². The lowest BCUT2D eigenvalue weighted by Gasteiger charge is -2.28. The van der Waals surface area contributed by atoms with Gasteiger partial charge in [-0.05, 0) is 64.8 Å². The normalized spacial score (nSPS) is 13.7. The maximum Gasteiger partial charge on any atom is 0.408 e. The van der Waals surface area contributed by atoms with Crippen molar-refractivity contribution in [3.8, 4) is 5.88 Å². The molecule has 0 bridgehead atoms. The van der Waals surface area contributed by atoms with Crippen LogP contribution in [0.2, 0.25) is 10.0 Å². The Labute approximate surface area is 187 Å². The number of pyridine rings is 1. The first-order valence-electron chi connectivity index (χ1n) is 9.63. The quantitative estimate of drug-likeness (QED) is 0.577. The van der Waals surface area contributed by atoms with Gasteiger partial charge >= 0.3 is 6.09 Å². The van der Waals surface area contributed by atoms with E-state index in [0.717, 1.165) is 5.56 Å². The largest absolute Gasteiger partial charge is 0.475 e. The first kappa shape index (κ1) is 24.3. The Morgan fingerprint density at radius 3 is 2.37 bits per heavy atom. The molecular formula is C22H28Cl2N2O4. The summed E-state index contributed by atoms with van der Waals surface area (Å²) in [6, 6.07) is 5.82. The molecule has 1 heterocycles. The van der Waals surface area contributed by atoms with Gasteiger partial charge < -0.3 is 19.9 Å². The van der Waals surface area contributed by atoms with Gasteiger partial charge in [0.05, 0.1) is 22.2 Å². The number of rotatable bonds is 6. The highest BCUT2D eigenvalue weighted by Crippen LogP contribution is 2.34. The van der Waals surface area contributed by atoms with Crippen molar-refractivity contribution in [3.05, 3.63) is 57.2 Å². The minimum Gasteiger partial charge on any atom is -0.475 e. The second-order valence-electron chi connectivity index (χ2n) is 8.29. The Bertz CT molecular complexity index is 897. The van der Waals surface area contributed by atoms with Gasteiger partial charge in [-0.1, -0.05) is 29.3 Å². The second-order valence-corrected chi connectivity index (χ2v) is 9.10. The molecule has 0 aliphatic heterocycles. The van der Waals surface area contributed by atoms with Gasteiger partial charge in [0.15, 0.2) is 0 Å². The molecule has 1 aromatic heterocycles. The van der Waals surface area contributed by atoms with Gasteiger partial charge in [0, 0.05) is 17.8 Å². The summed E-state index contributed by atoms with van der Waals surface area (Å²) in [5.41, 5.74) is 1.19. The third kappa shape index (κ3) is 6.76. The molecule has 6 nitrogen and oxygen atoms in total. The van der Waals surface area contributed by atoms with E-state index in [0.29, 0.717) is 27.1 Å². The van der Waals surface area contributed by atoms with Gasteiger partial charge in [-0.25, -0.2) is 9.78 Å². The Hall–Kier alpha value is -2.02. The zero-order valence-electron chi connectivity index (χ0n) is 18.0. The van der Waals surface area contributed by atoms with E-state index in [1.807, 2.05) is 20.8 Å². The number of aliphatic hydroxyl groups is 1. The molecule has 2 N–H and O–H groups in total. The summed E-state index contributed by atoms with van der Waals surface area (Å²) in [6.45, 7) is 10.9. The zero-order chi connectivity index (χ0) is 22.6. The molecule has 0 spiro atoms. The summed E-state index contributed by atoms with van der Waals surface area (Å²) in [7, 11) is 0. The van der Waals surface area contributed by atoms with Gasteiger partial charge in [-0.2, -0.15) is 0 Å². The van der Waals surface area contributed by atoms with Crippen LogP contribution < -0.4 is 10.1 Å². The van der Waals surface area contributed by atoms with Crippen LogP contribution in [0.5, 0.6) is 5.88 Å². The number of hydrogen-bond acceptors (Lipinski definition) is 5. The van der Waals surface area contributed by atoms with Crippen LogP contribution >= 0.6 is 23.2 Å². The van der Waals surface area contributed by atoms with Crippen molar-refractivity contribution in [2.75, 3.05) is 0 Å². The number of halogens is 2. The summed E-state index contributed by atoms with van der Waals surface area (Å²) in [5.74, 6) is 0.463. The zero-order valence-corrected chi connectivity index (χ0v) is 19.5. The number of alkyl carbamates (subject to hydrolysis) is 1. The number of aryl methyl sites for hydroxylation is 1. The number of hydrogen-bond donors (Lipinski definition) is 2. The monoisotopic (exact) mass is 454 g/mol. The first-order chi connectivity index (χ1) is 13.9. The number of aromatic nitrogens is 1. The number of carbonyl (C=O) groups excluding carboxylic acids is 1. The van der Waals surface area contributed by atoms with Crippen LogP contribution in [0.15, 0.2) is 30.5 Å². The summed E-state index contributed by atoms with van der Waals surface area (Å²) in [5, 5.41) is 14.6. The van der Waals surface area contributed by atoms with Crippen LogP contribution in [0.4, 0.5) is 4.79 Å². The molecular weight excluding hydrogens is 427 g/mol. The van der Waals surface area contributed by atoms with Gasteiger partial charge in [-0.15, -0.1) is 0 Å². The fourth-order valence-corrected chi connectivity index (χ4v) is 3.13. The fraction of sp³-hybridized carbons (Fsp3) is 0.455. The van der Waals surface area contributed by atoms with Crippen LogP contribution in [-0.2, 0) is 4.74 Å². The smallest absolute Gasteiger partial charge is 0.408 e. The first-order valence-corrected chi connectivity index (χ1v) is 10.4. The average molecular weight is 455 g/mol. The molecule has 2 atom stereocenters. The molecule has 30 heavy (non-hydrogen) atoms. The molecule has 2 unspecified atom stereocenters. The van der Waals surface area contributed by atoms with E-state index in [4.69, 9.17) is 32.7 Å². The average Bonchev–Trinajstić information content (AvgIpc) is 2.60. The minimum absolute atomic E-state index is 0.0227. The van der Waals surface area contributed by atoms with Crippen LogP contribution in [0.25, 0.3) is 0 Å². The molecule has 0 fully saturated rings. The summed E-state index contributed by atoms with van der Waals surface area (Å²) in [4.78, 5) is 16.7. The topological polar surface area (TPSA) is 80.7 Å². The highest BCUT2D eigenvalue weighted by Gasteiger charge is 2.29. The van der Waals surface area contributed by atoms with Gasteiger partial charge in [0.2, 0.25) is 5.88 Å². The van der Waals surface area contributed by atoms with E-state index in [2.05, 4.69) is 10.3 Å². The van der Waals surface area contributed by atoms with Crippen molar-refractivity contribution in [2.45, 2.75) is 65.4 Å². The molecule has 0 saturated carbocycles. The van der Waals surface area contributed by atoms with Gasteiger partial charge in [0.1, 0.15) is 11.7 Å². The molecule has 8 heteroatoms. The summed E-state index contributed by atoms with van der Waals surface area (Å²) >= 11 is 12.2. The highest BCUT2D eigenvalue weighted by atomic mass is 35.5. The van der Waals surface area contributed by atoms with E-state index in [9.17, 15) is 9.90 Å². The predicted molar refractivity (Wildman–Crippen MR) is 118 cm³/mol. The maximum atomic E-state index is 12.5. The van der Waals surface area contributed by atoms with Gasteiger partial charge in [-0.3, -0.25) is 0 Å². The van der Waals surface area contributed by atoms with E-state index >= 15 is 0 Å². The Morgan fingerprint density at radius 1 is 1.17 bits per heavy atom. The van der Waals surface area contributed by atoms with Crippen LogP contribution in [-0.4, -0.2) is 27.9 Å². The van der Waals surface area contributed by atoms with Crippen molar-refractivity contribution >= 4 is 29.3 Å². The van der Waals surface area contributed by atoms with Crippen molar-refractivity contribution in [2.24, 2.45) is 0 Å². The Balaban J connectivity index is 2.40. The summed E-state index contributed by atoms with van der Waals surface area (Å²) in [6.07, 6.45) is -0.261. The molecule has 0 aliphatic carbocycles. The van der Waals surface area contributed by atoms with E-state index < -0.39 is 23.8 Å². The molecule has 0 saturated heterocycles. The van der Waals surface area contributed by atoms with E-state index in [-0.39, 0.29) is 6.10 Å². The van der Waals surface area contributed by atoms with Crippen molar-refractivity contribution in [1.82, 2.24) is 10.3 Å². The lowest BCUT2D eigenvalue weighted by atomic mass is 9.94. The second kappa shape index (κ2) is 9.86. The third-order valence-electron chi connectivity index (χ3n) is 4.09. The molecule has 2 rings (SSSR count). The number of carbonyl (C=O) groups is 1. The number of nitrogens with zero attached hydrogens (tertiary/aromatic N) is 1. The Morgan fingerprint density at radius 2 is 1.83 bits per heavy atom. The van der Waals surface area contributed by atoms with Crippen molar-refractivity contribution in [3.63, 3.8) is 0 Å². The number of ether oxygens (including phenoxy) is 2. The SMILES string of the molecule is Cc1cc(OC(C)C)ncc1C(O)C(NC(=O)OC(C)(C)C)c1ccc(Cl)c(Cl)c1. The molecule has 1 amide bonds. The van der Waals surface area contributed by atoms with E-state index in [1.165, 1.54) is 0 Å².